The molecular formula is C12H18N2O3. The van der Waals surface area contributed by atoms with Gasteiger partial charge in [0.2, 0.25) is 0 Å². The minimum Gasteiger partial charge on any atom is -0.466 e. The normalized spacial score (nSPS) is 10.2. The van der Waals surface area contributed by atoms with Crippen LogP contribution in [0.15, 0.2) is 18.2 Å². The molecule has 0 saturated carbocycles. The molecule has 0 saturated heterocycles. The van der Waals surface area contributed by atoms with Crippen LogP contribution in [0.2, 0.25) is 0 Å². The largest absolute Gasteiger partial charge is 0.466 e. The van der Waals surface area contributed by atoms with E-state index in [2.05, 4.69) is 4.98 Å². The van der Waals surface area contributed by atoms with Gasteiger partial charge in [-0.3, -0.25) is 9.78 Å². The highest BCUT2D eigenvalue weighted by molar-refractivity contribution is 5.69. The minimum absolute atomic E-state index is 0.240. The van der Waals surface area contributed by atoms with E-state index in [4.69, 9.17) is 15.2 Å². The third kappa shape index (κ3) is 5.42. The van der Waals surface area contributed by atoms with Crippen molar-refractivity contribution in [2.75, 3.05) is 13.2 Å². The molecule has 0 unspecified atom stereocenters. The number of nitrogens with two attached hydrogens (primary N) is 1. The zero-order chi connectivity index (χ0) is 12.5. The summed E-state index contributed by atoms with van der Waals surface area (Å²) >= 11 is 0. The van der Waals surface area contributed by atoms with Crippen LogP contribution in [-0.2, 0) is 27.4 Å². The number of pyridine rings is 1. The second kappa shape index (κ2) is 7.76. The van der Waals surface area contributed by atoms with Crippen LogP contribution in [-0.4, -0.2) is 24.2 Å². The van der Waals surface area contributed by atoms with E-state index in [1.165, 1.54) is 0 Å². The molecule has 1 aromatic heterocycles. The summed E-state index contributed by atoms with van der Waals surface area (Å²) in [5, 5.41) is 0. The van der Waals surface area contributed by atoms with E-state index in [0.717, 1.165) is 11.4 Å². The molecule has 0 spiro atoms. The summed E-state index contributed by atoms with van der Waals surface area (Å²) in [6.07, 6.45) is 0.268. The molecule has 0 aliphatic heterocycles. The number of hydrogen-bond donors (Lipinski definition) is 1. The van der Waals surface area contributed by atoms with Crippen molar-refractivity contribution in [2.45, 2.75) is 26.5 Å². The molecule has 94 valence electrons. The van der Waals surface area contributed by atoms with E-state index in [1.807, 2.05) is 18.2 Å². The van der Waals surface area contributed by atoms with Gasteiger partial charge in [-0.05, 0) is 19.1 Å². The minimum atomic E-state index is -0.240. The molecule has 1 aromatic rings. The van der Waals surface area contributed by atoms with E-state index in [9.17, 15) is 4.79 Å². The lowest BCUT2D eigenvalue weighted by molar-refractivity contribution is -0.144. The number of nitrogens with zero attached hydrogens (tertiary/aromatic N) is 1. The van der Waals surface area contributed by atoms with Gasteiger partial charge in [0.05, 0.1) is 37.6 Å². The van der Waals surface area contributed by atoms with Gasteiger partial charge in [-0.1, -0.05) is 6.07 Å². The van der Waals surface area contributed by atoms with Crippen molar-refractivity contribution in [3.05, 3.63) is 29.6 Å². The zero-order valence-corrected chi connectivity index (χ0v) is 10.0. The van der Waals surface area contributed by atoms with Crippen LogP contribution < -0.4 is 5.73 Å². The number of carbonyl (C=O) groups excluding carboxylic acids is 1. The smallest absolute Gasteiger partial charge is 0.308 e. The van der Waals surface area contributed by atoms with E-state index >= 15 is 0 Å². The van der Waals surface area contributed by atoms with Gasteiger partial charge in [-0.15, -0.1) is 0 Å². The van der Waals surface area contributed by atoms with E-state index in [-0.39, 0.29) is 12.4 Å². The highest BCUT2D eigenvalue weighted by Crippen LogP contribution is 2.01. The molecule has 0 aromatic carbocycles. The van der Waals surface area contributed by atoms with Crippen LogP contribution in [0.1, 0.15) is 24.7 Å². The first-order chi connectivity index (χ1) is 8.26. The third-order valence-corrected chi connectivity index (χ3v) is 2.08. The predicted molar refractivity (Wildman–Crippen MR) is 63.0 cm³/mol. The lowest BCUT2D eigenvalue weighted by atomic mass is 10.3. The van der Waals surface area contributed by atoms with E-state index in [1.54, 1.807) is 6.92 Å². The van der Waals surface area contributed by atoms with Crippen molar-refractivity contribution in [1.29, 1.82) is 0 Å². The topological polar surface area (TPSA) is 74.4 Å². The van der Waals surface area contributed by atoms with Gasteiger partial charge in [-0.2, -0.15) is 0 Å². The van der Waals surface area contributed by atoms with E-state index in [0.29, 0.717) is 26.4 Å². The number of ether oxygens (including phenoxy) is 2. The average Bonchev–Trinajstić information content (AvgIpc) is 2.35. The van der Waals surface area contributed by atoms with Crippen LogP contribution in [0, 0.1) is 0 Å². The number of aromatic nitrogens is 1. The van der Waals surface area contributed by atoms with Crippen LogP contribution >= 0.6 is 0 Å². The summed E-state index contributed by atoms with van der Waals surface area (Å²) in [5.41, 5.74) is 7.13. The Morgan fingerprint density at radius 1 is 1.41 bits per heavy atom. The highest BCUT2D eigenvalue weighted by Gasteiger charge is 2.02. The fourth-order valence-corrected chi connectivity index (χ4v) is 1.29. The van der Waals surface area contributed by atoms with Gasteiger partial charge in [-0.25, -0.2) is 0 Å². The molecule has 0 aliphatic carbocycles. The summed E-state index contributed by atoms with van der Waals surface area (Å²) < 4.78 is 10.1. The van der Waals surface area contributed by atoms with Gasteiger partial charge in [0.1, 0.15) is 0 Å². The SMILES string of the molecule is CCOC(=O)CCOCc1cccc(CN)n1. The van der Waals surface area contributed by atoms with Crippen LogP contribution in [0.4, 0.5) is 0 Å². The first kappa shape index (κ1) is 13.6. The number of rotatable bonds is 7. The second-order valence-electron chi connectivity index (χ2n) is 3.43. The van der Waals surface area contributed by atoms with Crippen molar-refractivity contribution < 1.29 is 14.3 Å². The van der Waals surface area contributed by atoms with Crippen LogP contribution in [0.5, 0.6) is 0 Å². The van der Waals surface area contributed by atoms with Crippen LogP contribution in [0.25, 0.3) is 0 Å². The van der Waals surface area contributed by atoms with Gasteiger partial charge in [0, 0.05) is 6.54 Å². The van der Waals surface area contributed by atoms with Crippen molar-refractivity contribution >= 4 is 5.97 Å². The first-order valence-corrected chi connectivity index (χ1v) is 5.64. The Morgan fingerprint density at radius 2 is 2.18 bits per heavy atom. The highest BCUT2D eigenvalue weighted by atomic mass is 16.5. The monoisotopic (exact) mass is 238 g/mol. The first-order valence-electron chi connectivity index (χ1n) is 5.64. The molecule has 1 heterocycles. The quantitative estimate of drug-likeness (QED) is 0.567. The summed E-state index contributed by atoms with van der Waals surface area (Å²) in [5.74, 6) is -0.240. The predicted octanol–water partition coefficient (Wildman–Crippen LogP) is 1.01. The number of hydrogen-bond acceptors (Lipinski definition) is 5. The lowest BCUT2D eigenvalue weighted by Crippen LogP contribution is -2.09. The Balaban J connectivity index is 2.24. The van der Waals surface area contributed by atoms with Crippen molar-refractivity contribution in [3.63, 3.8) is 0 Å². The Kier molecular flexibility index (Phi) is 6.21. The Morgan fingerprint density at radius 3 is 2.88 bits per heavy atom. The van der Waals surface area contributed by atoms with Crippen molar-refractivity contribution in [1.82, 2.24) is 4.98 Å². The molecule has 0 atom stereocenters. The Hall–Kier alpha value is -1.46. The molecule has 0 amide bonds. The summed E-state index contributed by atoms with van der Waals surface area (Å²) in [7, 11) is 0. The van der Waals surface area contributed by atoms with Crippen molar-refractivity contribution in [2.24, 2.45) is 5.73 Å². The average molecular weight is 238 g/mol. The zero-order valence-electron chi connectivity index (χ0n) is 10.0. The molecule has 0 aliphatic rings. The summed E-state index contributed by atoms with van der Waals surface area (Å²) in [6, 6.07) is 5.62. The molecule has 17 heavy (non-hydrogen) atoms. The molecular weight excluding hydrogens is 220 g/mol. The molecule has 5 nitrogen and oxygen atoms in total. The standard InChI is InChI=1S/C12H18N2O3/c1-2-17-12(15)6-7-16-9-11-5-3-4-10(8-13)14-11/h3-5H,2,6-9,13H2,1H3. The molecule has 2 N–H and O–H groups in total. The van der Waals surface area contributed by atoms with Crippen molar-refractivity contribution in [3.8, 4) is 0 Å². The number of carbonyl (C=O) groups is 1. The van der Waals surface area contributed by atoms with Gasteiger partial charge >= 0.3 is 5.97 Å². The molecule has 1 rings (SSSR count). The number of esters is 1. The lowest BCUT2D eigenvalue weighted by Gasteiger charge is -2.05. The second-order valence-corrected chi connectivity index (χ2v) is 3.43. The maximum absolute atomic E-state index is 11.0. The molecule has 0 fully saturated rings. The fraction of sp³-hybridized carbons (Fsp3) is 0.500. The fourth-order valence-electron chi connectivity index (χ4n) is 1.29. The Labute approximate surface area is 101 Å². The maximum atomic E-state index is 11.0. The van der Waals surface area contributed by atoms with E-state index < -0.39 is 0 Å². The van der Waals surface area contributed by atoms with Crippen LogP contribution in [0.3, 0.4) is 0 Å². The van der Waals surface area contributed by atoms with Gasteiger partial charge in [0.25, 0.3) is 0 Å². The summed E-state index contributed by atoms with van der Waals surface area (Å²) in [4.78, 5) is 15.3. The van der Waals surface area contributed by atoms with Gasteiger partial charge < -0.3 is 15.2 Å². The molecule has 0 radical (unpaired) electrons. The van der Waals surface area contributed by atoms with Gasteiger partial charge in [0.15, 0.2) is 0 Å². The summed E-state index contributed by atoms with van der Waals surface area (Å²) in [6.45, 7) is 3.32. The molecule has 5 heteroatoms. The molecule has 0 bridgehead atoms. The Bertz CT molecular complexity index is 355. The third-order valence-electron chi connectivity index (χ3n) is 2.08. The maximum Gasteiger partial charge on any atom is 0.308 e.